The van der Waals surface area contributed by atoms with Crippen LogP contribution in [0.4, 0.5) is 0 Å². The molecule has 0 aromatic rings. The van der Waals surface area contributed by atoms with E-state index in [9.17, 15) is 0 Å². The van der Waals surface area contributed by atoms with Gasteiger partial charge in [0.25, 0.3) is 0 Å². The summed E-state index contributed by atoms with van der Waals surface area (Å²) >= 11 is 0. The Kier molecular flexibility index (Phi) is 5.07. The minimum Gasteiger partial charge on any atom is -0.313 e. The maximum Gasteiger partial charge on any atom is 0.00675 e. The largest absolute Gasteiger partial charge is 0.313 e. The average molecular weight is 239 g/mol. The SMILES string of the molecule is CCC(C)(C)CNC1CCC(C(C)(C)C)CC1. The van der Waals surface area contributed by atoms with Crippen molar-refractivity contribution in [1.29, 1.82) is 0 Å². The number of hydrogen-bond donors (Lipinski definition) is 1. The average Bonchev–Trinajstić information content (AvgIpc) is 2.26. The van der Waals surface area contributed by atoms with E-state index in [0.717, 1.165) is 12.0 Å². The van der Waals surface area contributed by atoms with E-state index in [4.69, 9.17) is 0 Å². The molecule has 1 fully saturated rings. The van der Waals surface area contributed by atoms with E-state index in [0.29, 0.717) is 10.8 Å². The van der Waals surface area contributed by atoms with Crippen LogP contribution in [-0.4, -0.2) is 12.6 Å². The fourth-order valence-corrected chi connectivity index (χ4v) is 2.71. The van der Waals surface area contributed by atoms with Gasteiger partial charge in [0, 0.05) is 12.6 Å². The second-order valence-corrected chi connectivity index (χ2v) is 7.81. The normalized spacial score (nSPS) is 27.2. The van der Waals surface area contributed by atoms with Crippen LogP contribution < -0.4 is 5.32 Å². The molecular weight excluding hydrogens is 206 g/mol. The molecule has 0 spiro atoms. The van der Waals surface area contributed by atoms with Gasteiger partial charge in [-0.05, 0) is 48.9 Å². The molecule has 1 heteroatoms. The predicted molar refractivity (Wildman–Crippen MR) is 77.3 cm³/mol. The molecule has 1 aliphatic rings. The summed E-state index contributed by atoms with van der Waals surface area (Å²) in [7, 11) is 0. The van der Waals surface area contributed by atoms with Crippen LogP contribution in [0.1, 0.15) is 73.6 Å². The first-order valence-corrected chi connectivity index (χ1v) is 7.48. The topological polar surface area (TPSA) is 12.0 Å². The maximum atomic E-state index is 3.78. The van der Waals surface area contributed by atoms with Gasteiger partial charge in [-0.3, -0.25) is 0 Å². The first-order valence-electron chi connectivity index (χ1n) is 7.48. The minimum absolute atomic E-state index is 0.459. The molecule has 102 valence electrons. The van der Waals surface area contributed by atoms with Gasteiger partial charge in [0.05, 0.1) is 0 Å². The minimum atomic E-state index is 0.459. The van der Waals surface area contributed by atoms with Crippen LogP contribution in [0.25, 0.3) is 0 Å². The summed E-state index contributed by atoms with van der Waals surface area (Å²) in [4.78, 5) is 0. The van der Waals surface area contributed by atoms with Gasteiger partial charge in [0.1, 0.15) is 0 Å². The lowest BCUT2D eigenvalue weighted by Gasteiger charge is -2.38. The summed E-state index contributed by atoms with van der Waals surface area (Å²) in [6, 6.07) is 0.777. The number of rotatable bonds is 4. The van der Waals surface area contributed by atoms with E-state index in [1.54, 1.807) is 0 Å². The summed E-state index contributed by atoms with van der Waals surface area (Å²) in [5.41, 5.74) is 0.967. The fraction of sp³-hybridized carbons (Fsp3) is 1.00. The van der Waals surface area contributed by atoms with Gasteiger partial charge >= 0.3 is 0 Å². The van der Waals surface area contributed by atoms with Crippen molar-refractivity contribution in [2.75, 3.05) is 6.54 Å². The van der Waals surface area contributed by atoms with Crippen molar-refractivity contribution in [2.24, 2.45) is 16.7 Å². The zero-order valence-electron chi connectivity index (χ0n) is 12.9. The standard InChI is InChI=1S/C16H33N/c1-7-16(5,6)12-17-14-10-8-13(9-11-14)15(2,3)4/h13-14,17H,7-12H2,1-6H3. The second kappa shape index (κ2) is 5.73. The van der Waals surface area contributed by atoms with Crippen molar-refractivity contribution in [3.63, 3.8) is 0 Å². The second-order valence-electron chi connectivity index (χ2n) is 7.81. The van der Waals surface area contributed by atoms with Crippen LogP contribution in [0.15, 0.2) is 0 Å². The first-order chi connectivity index (χ1) is 7.74. The lowest BCUT2D eigenvalue weighted by atomic mass is 9.71. The van der Waals surface area contributed by atoms with E-state index in [1.165, 1.54) is 38.6 Å². The van der Waals surface area contributed by atoms with Gasteiger partial charge in [-0.15, -0.1) is 0 Å². The van der Waals surface area contributed by atoms with Crippen molar-refractivity contribution in [2.45, 2.75) is 79.7 Å². The molecule has 17 heavy (non-hydrogen) atoms. The number of hydrogen-bond acceptors (Lipinski definition) is 1. The summed E-state index contributed by atoms with van der Waals surface area (Å²) in [6.45, 7) is 15.4. The Hall–Kier alpha value is -0.0400. The highest BCUT2D eigenvalue weighted by molar-refractivity contribution is 4.84. The molecule has 1 rings (SSSR count). The zero-order valence-corrected chi connectivity index (χ0v) is 12.9. The van der Waals surface area contributed by atoms with Crippen LogP contribution in [0.5, 0.6) is 0 Å². The molecule has 0 amide bonds. The van der Waals surface area contributed by atoms with Crippen molar-refractivity contribution >= 4 is 0 Å². The summed E-state index contributed by atoms with van der Waals surface area (Å²) in [5.74, 6) is 0.930. The van der Waals surface area contributed by atoms with Crippen LogP contribution in [0, 0.1) is 16.7 Å². The van der Waals surface area contributed by atoms with E-state index in [2.05, 4.69) is 46.9 Å². The van der Waals surface area contributed by atoms with Gasteiger partial charge in [-0.25, -0.2) is 0 Å². The summed E-state index contributed by atoms with van der Waals surface area (Å²) < 4.78 is 0. The predicted octanol–water partition coefficient (Wildman–Crippen LogP) is 4.62. The van der Waals surface area contributed by atoms with E-state index in [-0.39, 0.29) is 0 Å². The molecule has 0 heterocycles. The molecule has 1 N–H and O–H groups in total. The third-order valence-electron chi connectivity index (χ3n) is 4.78. The third kappa shape index (κ3) is 4.99. The molecule has 0 radical (unpaired) electrons. The van der Waals surface area contributed by atoms with Gasteiger partial charge in [0.2, 0.25) is 0 Å². The molecule has 0 aromatic carbocycles. The van der Waals surface area contributed by atoms with Crippen LogP contribution in [0.3, 0.4) is 0 Å². The van der Waals surface area contributed by atoms with Crippen molar-refractivity contribution in [3.8, 4) is 0 Å². The van der Waals surface area contributed by atoms with Crippen LogP contribution in [0.2, 0.25) is 0 Å². The molecule has 0 atom stereocenters. The van der Waals surface area contributed by atoms with Gasteiger partial charge in [-0.1, -0.05) is 41.5 Å². The highest BCUT2D eigenvalue weighted by Crippen LogP contribution is 2.37. The van der Waals surface area contributed by atoms with E-state index < -0.39 is 0 Å². The van der Waals surface area contributed by atoms with Gasteiger partial charge in [-0.2, -0.15) is 0 Å². The molecule has 0 unspecified atom stereocenters. The van der Waals surface area contributed by atoms with Crippen LogP contribution >= 0.6 is 0 Å². The molecule has 1 saturated carbocycles. The Labute approximate surface area is 109 Å². The molecule has 0 aliphatic heterocycles. The van der Waals surface area contributed by atoms with E-state index in [1.807, 2.05) is 0 Å². The highest BCUT2D eigenvalue weighted by Gasteiger charge is 2.30. The molecule has 0 bridgehead atoms. The lowest BCUT2D eigenvalue weighted by Crippen LogP contribution is -2.40. The Balaban J connectivity index is 2.29. The third-order valence-corrected chi connectivity index (χ3v) is 4.78. The summed E-state index contributed by atoms with van der Waals surface area (Å²) in [5, 5.41) is 3.78. The Morgan fingerprint density at radius 2 is 1.47 bits per heavy atom. The van der Waals surface area contributed by atoms with Crippen LogP contribution in [-0.2, 0) is 0 Å². The quantitative estimate of drug-likeness (QED) is 0.755. The maximum absolute atomic E-state index is 3.78. The molecule has 1 aliphatic carbocycles. The first kappa shape index (κ1) is 15.0. The molecule has 0 aromatic heterocycles. The smallest absolute Gasteiger partial charge is 0.00675 e. The Morgan fingerprint density at radius 3 is 1.88 bits per heavy atom. The number of nitrogens with one attached hydrogen (secondary N) is 1. The molecule has 1 nitrogen and oxygen atoms in total. The fourth-order valence-electron chi connectivity index (χ4n) is 2.71. The van der Waals surface area contributed by atoms with Crippen molar-refractivity contribution < 1.29 is 0 Å². The van der Waals surface area contributed by atoms with Crippen molar-refractivity contribution in [3.05, 3.63) is 0 Å². The zero-order chi connectivity index (χ0) is 13.1. The van der Waals surface area contributed by atoms with Crippen molar-refractivity contribution in [1.82, 2.24) is 5.32 Å². The molecular formula is C16H33N. The van der Waals surface area contributed by atoms with E-state index >= 15 is 0 Å². The lowest BCUT2D eigenvalue weighted by molar-refractivity contribution is 0.154. The Bertz CT molecular complexity index is 216. The van der Waals surface area contributed by atoms with Gasteiger partial charge < -0.3 is 5.32 Å². The monoisotopic (exact) mass is 239 g/mol. The molecule has 0 saturated heterocycles. The Morgan fingerprint density at radius 1 is 0.941 bits per heavy atom. The van der Waals surface area contributed by atoms with Gasteiger partial charge in [0.15, 0.2) is 0 Å². The highest BCUT2D eigenvalue weighted by atomic mass is 14.9. The summed E-state index contributed by atoms with van der Waals surface area (Å²) in [6.07, 6.45) is 6.84.